The molecule has 6 heteroatoms. The van der Waals surface area contributed by atoms with Gasteiger partial charge in [-0.15, -0.1) is 0 Å². The second-order valence-corrected chi connectivity index (χ2v) is 8.42. The number of hydrogen-bond acceptors (Lipinski definition) is 5. The van der Waals surface area contributed by atoms with E-state index in [0.717, 1.165) is 43.9 Å². The number of anilines is 1. The predicted molar refractivity (Wildman–Crippen MR) is 113 cm³/mol. The zero-order valence-corrected chi connectivity index (χ0v) is 17.5. The lowest BCUT2D eigenvalue weighted by Gasteiger charge is -2.34. The highest BCUT2D eigenvalue weighted by molar-refractivity contribution is 5.89. The minimum absolute atomic E-state index is 0.0464. The smallest absolute Gasteiger partial charge is 0.415 e. The van der Waals surface area contributed by atoms with Gasteiger partial charge in [0.05, 0.1) is 6.04 Å². The van der Waals surface area contributed by atoms with Gasteiger partial charge in [-0.2, -0.15) is 0 Å². The number of piperidine rings is 1. The molecule has 0 aliphatic carbocycles. The summed E-state index contributed by atoms with van der Waals surface area (Å²) in [6, 6.07) is 12.6. The molecule has 1 aromatic heterocycles. The molecule has 6 nitrogen and oxygen atoms in total. The predicted octanol–water partition coefficient (Wildman–Crippen LogP) is 3.94. The van der Waals surface area contributed by atoms with Crippen LogP contribution in [0.2, 0.25) is 0 Å². The number of cyclic esters (lactones) is 1. The second-order valence-electron chi connectivity index (χ2n) is 8.42. The Balaban J connectivity index is 1.55. The number of amides is 1. The lowest BCUT2D eigenvalue weighted by Crippen LogP contribution is -2.38. The van der Waals surface area contributed by atoms with Crippen LogP contribution in [0.15, 0.2) is 36.4 Å². The summed E-state index contributed by atoms with van der Waals surface area (Å²) in [6.07, 6.45) is 2.54. The molecule has 2 aliphatic heterocycles. The summed E-state index contributed by atoms with van der Waals surface area (Å²) >= 11 is 0. The number of rotatable bonds is 5. The molecule has 2 saturated heterocycles. The number of hydrogen-bond donors (Lipinski definition) is 0. The van der Waals surface area contributed by atoms with E-state index in [2.05, 4.69) is 30.9 Å². The standard InChI is InChI=1S/C23H30N4O2/c1-16(2)26-11-9-19(10-12-26)22-24-17(3)13-21(25-22)27-20(15-29-23(27)28)14-18-7-5-4-6-8-18/h4-8,13,16,19-20H,9-12,14-15H2,1-3H3. The average Bonchev–Trinajstić information content (AvgIpc) is 3.08. The molecule has 0 N–H and O–H groups in total. The van der Waals surface area contributed by atoms with Crippen LogP contribution >= 0.6 is 0 Å². The van der Waals surface area contributed by atoms with Crippen LogP contribution in [0.4, 0.5) is 10.6 Å². The molecule has 1 atom stereocenters. The van der Waals surface area contributed by atoms with E-state index in [4.69, 9.17) is 14.7 Å². The van der Waals surface area contributed by atoms with Gasteiger partial charge >= 0.3 is 6.09 Å². The van der Waals surface area contributed by atoms with E-state index in [1.807, 2.05) is 31.2 Å². The first kappa shape index (κ1) is 19.8. The molecule has 0 radical (unpaired) electrons. The number of benzene rings is 1. The summed E-state index contributed by atoms with van der Waals surface area (Å²) in [5, 5.41) is 0. The van der Waals surface area contributed by atoms with Gasteiger partial charge in [-0.05, 0) is 58.7 Å². The van der Waals surface area contributed by atoms with Crippen molar-refractivity contribution in [2.45, 2.75) is 58.0 Å². The molecule has 154 valence electrons. The zero-order valence-electron chi connectivity index (χ0n) is 17.5. The van der Waals surface area contributed by atoms with Crippen LogP contribution in [0.25, 0.3) is 0 Å². The molecule has 1 amide bonds. The van der Waals surface area contributed by atoms with E-state index in [-0.39, 0.29) is 12.1 Å². The van der Waals surface area contributed by atoms with Crippen molar-refractivity contribution in [2.75, 3.05) is 24.6 Å². The number of carbonyl (C=O) groups is 1. The fourth-order valence-corrected chi connectivity index (χ4v) is 4.33. The topological polar surface area (TPSA) is 58.6 Å². The SMILES string of the molecule is Cc1cc(N2C(=O)OCC2Cc2ccccc2)nc(C2CCN(C(C)C)CC2)n1. The van der Waals surface area contributed by atoms with Crippen molar-refractivity contribution >= 4 is 11.9 Å². The molecule has 3 heterocycles. The van der Waals surface area contributed by atoms with Crippen molar-refractivity contribution in [1.29, 1.82) is 0 Å². The van der Waals surface area contributed by atoms with Crippen molar-refractivity contribution in [3.05, 3.63) is 53.5 Å². The normalized spacial score (nSPS) is 21.0. The summed E-state index contributed by atoms with van der Waals surface area (Å²) in [7, 11) is 0. The van der Waals surface area contributed by atoms with Crippen LogP contribution in [-0.2, 0) is 11.2 Å². The van der Waals surface area contributed by atoms with Crippen molar-refractivity contribution in [1.82, 2.24) is 14.9 Å². The summed E-state index contributed by atoms with van der Waals surface area (Å²) < 4.78 is 5.39. The highest BCUT2D eigenvalue weighted by Crippen LogP contribution is 2.30. The van der Waals surface area contributed by atoms with Gasteiger partial charge in [0.2, 0.25) is 0 Å². The lowest BCUT2D eigenvalue weighted by atomic mass is 9.95. The van der Waals surface area contributed by atoms with Crippen LogP contribution in [0.1, 0.15) is 49.7 Å². The first-order valence-electron chi connectivity index (χ1n) is 10.6. The molecule has 0 spiro atoms. The van der Waals surface area contributed by atoms with Crippen molar-refractivity contribution in [2.24, 2.45) is 0 Å². The summed E-state index contributed by atoms with van der Waals surface area (Å²) in [4.78, 5) is 26.3. The largest absolute Gasteiger partial charge is 0.447 e. The van der Waals surface area contributed by atoms with E-state index in [0.29, 0.717) is 24.4 Å². The Morgan fingerprint density at radius 3 is 2.55 bits per heavy atom. The van der Waals surface area contributed by atoms with Crippen LogP contribution < -0.4 is 4.90 Å². The second kappa shape index (κ2) is 8.49. The highest BCUT2D eigenvalue weighted by atomic mass is 16.6. The van der Waals surface area contributed by atoms with E-state index < -0.39 is 0 Å². The average molecular weight is 395 g/mol. The van der Waals surface area contributed by atoms with Crippen molar-refractivity contribution in [3.8, 4) is 0 Å². The Morgan fingerprint density at radius 2 is 1.86 bits per heavy atom. The van der Waals surface area contributed by atoms with Gasteiger partial charge in [-0.1, -0.05) is 30.3 Å². The van der Waals surface area contributed by atoms with Crippen molar-refractivity contribution < 1.29 is 9.53 Å². The minimum atomic E-state index is -0.315. The summed E-state index contributed by atoms with van der Waals surface area (Å²) in [5.41, 5.74) is 2.09. The Labute approximate surface area is 172 Å². The molecular formula is C23H30N4O2. The van der Waals surface area contributed by atoms with Crippen LogP contribution in [0.5, 0.6) is 0 Å². The van der Waals surface area contributed by atoms with Gasteiger partial charge in [0.1, 0.15) is 18.2 Å². The Kier molecular flexibility index (Phi) is 5.81. The molecule has 1 unspecified atom stereocenters. The monoisotopic (exact) mass is 394 g/mol. The summed E-state index contributed by atoms with van der Waals surface area (Å²) in [5.74, 6) is 1.87. The number of nitrogens with zero attached hydrogens (tertiary/aromatic N) is 4. The van der Waals surface area contributed by atoms with Gasteiger partial charge in [0, 0.05) is 23.7 Å². The van der Waals surface area contributed by atoms with Crippen LogP contribution in [0, 0.1) is 6.92 Å². The number of carbonyl (C=O) groups excluding carboxylic acids is 1. The first-order chi connectivity index (χ1) is 14.0. The molecule has 2 aliphatic rings. The van der Waals surface area contributed by atoms with Gasteiger partial charge in [0.25, 0.3) is 0 Å². The van der Waals surface area contributed by atoms with Gasteiger partial charge in [-0.3, -0.25) is 4.90 Å². The number of aryl methyl sites for hydroxylation is 1. The molecule has 1 aromatic carbocycles. The van der Waals surface area contributed by atoms with Gasteiger partial charge in [-0.25, -0.2) is 14.8 Å². The molecule has 2 fully saturated rings. The third kappa shape index (κ3) is 4.42. The van der Waals surface area contributed by atoms with Gasteiger partial charge in [0.15, 0.2) is 0 Å². The zero-order chi connectivity index (χ0) is 20.4. The fourth-order valence-electron chi connectivity index (χ4n) is 4.33. The molecule has 0 saturated carbocycles. The maximum atomic E-state index is 12.5. The number of likely N-dealkylation sites (tertiary alicyclic amines) is 1. The van der Waals surface area contributed by atoms with Gasteiger partial charge < -0.3 is 9.64 Å². The fraction of sp³-hybridized carbons (Fsp3) is 0.522. The number of ether oxygens (including phenoxy) is 1. The molecular weight excluding hydrogens is 364 g/mol. The highest BCUT2D eigenvalue weighted by Gasteiger charge is 2.36. The number of aromatic nitrogens is 2. The van der Waals surface area contributed by atoms with E-state index in [1.165, 1.54) is 5.56 Å². The maximum absolute atomic E-state index is 12.5. The Morgan fingerprint density at radius 1 is 1.14 bits per heavy atom. The Bertz CT molecular complexity index is 847. The quantitative estimate of drug-likeness (QED) is 0.769. The van der Waals surface area contributed by atoms with Crippen LogP contribution in [-0.4, -0.2) is 52.7 Å². The Hall–Kier alpha value is -2.47. The molecule has 4 rings (SSSR count). The molecule has 29 heavy (non-hydrogen) atoms. The van der Waals surface area contributed by atoms with E-state index in [1.54, 1.807) is 4.90 Å². The molecule has 2 aromatic rings. The molecule has 0 bridgehead atoms. The first-order valence-corrected chi connectivity index (χ1v) is 10.6. The third-order valence-corrected chi connectivity index (χ3v) is 6.00. The van der Waals surface area contributed by atoms with E-state index in [9.17, 15) is 4.79 Å². The lowest BCUT2D eigenvalue weighted by molar-refractivity contribution is 0.169. The summed E-state index contributed by atoms with van der Waals surface area (Å²) in [6.45, 7) is 8.99. The van der Waals surface area contributed by atoms with E-state index >= 15 is 0 Å². The van der Waals surface area contributed by atoms with Crippen molar-refractivity contribution in [3.63, 3.8) is 0 Å². The van der Waals surface area contributed by atoms with Crippen LogP contribution in [0.3, 0.4) is 0 Å². The third-order valence-electron chi connectivity index (χ3n) is 6.00. The maximum Gasteiger partial charge on any atom is 0.415 e. The minimum Gasteiger partial charge on any atom is -0.447 e.